The van der Waals surface area contributed by atoms with E-state index in [-0.39, 0.29) is 37.5 Å². The molecule has 0 fully saturated rings. The van der Waals surface area contributed by atoms with Crippen LogP contribution in [-0.4, -0.2) is 25.2 Å². The Balaban J connectivity index is 3.74. The highest BCUT2D eigenvalue weighted by Gasteiger charge is 2.15. The fourth-order valence-electron chi connectivity index (χ4n) is 0.960. The highest BCUT2D eigenvalue weighted by atomic mass is 16.5. The Labute approximate surface area is 95.9 Å². The van der Waals surface area contributed by atoms with Gasteiger partial charge in [0.15, 0.2) is 0 Å². The largest absolute Gasteiger partial charge is 0.461 e. The molecule has 0 radical (unpaired) electrons. The van der Waals surface area contributed by atoms with Crippen LogP contribution in [0.3, 0.4) is 0 Å². The molecule has 0 aromatic carbocycles. The van der Waals surface area contributed by atoms with E-state index in [0.29, 0.717) is 6.42 Å². The molecule has 1 atom stereocenters. The van der Waals surface area contributed by atoms with Gasteiger partial charge in [-0.05, 0) is 6.42 Å². The summed E-state index contributed by atoms with van der Waals surface area (Å²) in [5.74, 6) is -0.962. The smallest absolute Gasteiger partial charge is 0.308 e. The van der Waals surface area contributed by atoms with Crippen LogP contribution < -0.4 is 0 Å². The molecular formula is C12H18O4. The summed E-state index contributed by atoms with van der Waals surface area (Å²) < 4.78 is 9.62. The number of hydrogen-bond donors (Lipinski definition) is 0. The van der Waals surface area contributed by atoms with Crippen LogP contribution in [0.15, 0.2) is 25.3 Å². The van der Waals surface area contributed by atoms with Crippen molar-refractivity contribution in [3.63, 3.8) is 0 Å². The van der Waals surface area contributed by atoms with E-state index >= 15 is 0 Å². The van der Waals surface area contributed by atoms with Gasteiger partial charge in [0.25, 0.3) is 0 Å². The van der Waals surface area contributed by atoms with E-state index in [0.717, 1.165) is 0 Å². The second-order valence-corrected chi connectivity index (χ2v) is 3.33. The van der Waals surface area contributed by atoms with Crippen molar-refractivity contribution >= 4 is 11.9 Å². The Morgan fingerprint density at radius 1 is 1.19 bits per heavy atom. The number of carbonyl (C=O) groups is 2. The minimum atomic E-state index is -0.330. The van der Waals surface area contributed by atoms with Crippen LogP contribution >= 0.6 is 0 Å². The summed E-state index contributed by atoms with van der Waals surface area (Å²) in [6.07, 6.45) is 3.63. The first kappa shape index (κ1) is 14.4. The lowest BCUT2D eigenvalue weighted by Gasteiger charge is -2.09. The summed E-state index contributed by atoms with van der Waals surface area (Å²) in [5.41, 5.74) is 0. The second-order valence-electron chi connectivity index (χ2n) is 3.33. The summed E-state index contributed by atoms with van der Waals surface area (Å²) in [6.45, 7) is 8.98. The number of ether oxygens (including phenoxy) is 2. The lowest BCUT2D eigenvalue weighted by atomic mass is 10.1. The van der Waals surface area contributed by atoms with Crippen molar-refractivity contribution in [1.82, 2.24) is 0 Å². The maximum Gasteiger partial charge on any atom is 0.308 e. The summed E-state index contributed by atoms with van der Waals surface area (Å²) in [6, 6.07) is 0. The predicted octanol–water partition coefficient (Wildman–Crippen LogP) is 1.86. The zero-order valence-corrected chi connectivity index (χ0v) is 9.61. The van der Waals surface area contributed by atoms with E-state index in [1.54, 1.807) is 6.92 Å². The van der Waals surface area contributed by atoms with Gasteiger partial charge in [-0.25, -0.2) is 0 Å². The van der Waals surface area contributed by atoms with E-state index in [1.807, 2.05) is 0 Å². The van der Waals surface area contributed by atoms with Crippen molar-refractivity contribution in [2.45, 2.75) is 19.8 Å². The molecule has 16 heavy (non-hydrogen) atoms. The lowest BCUT2D eigenvalue weighted by molar-refractivity contribution is -0.148. The standard InChI is InChI=1S/C12H18O4/c1-4-8-15-11(13)7-6-10(3)12(14)16-9-5-2/h4-5,10H,1-2,6-9H2,3H3/t10-/m0/s1. The Kier molecular flexibility index (Phi) is 7.85. The summed E-state index contributed by atoms with van der Waals surface area (Å²) in [5, 5.41) is 0. The van der Waals surface area contributed by atoms with Gasteiger partial charge in [0, 0.05) is 6.42 Å². The van der Waals surface area contributed by atoms with Gasteiger partial charge in [-0.2, -0.15) is 0 Å². The molecule has 0 heterocycles. The quantitative estimate of drug-likeness (QED) is 0.468. The Morgan fingerprint density at radius 3 is 2.31 bits per heavy atom. The van der Waals surface area contributed by atoms with Gasteiger partial charge in [0.05, 0.1) is 5.92 Å². The maximum absolute atomic E-state index is 11.3. The van der Waals surface area contributed by atoms with Crippen molar-refractivity contribution in [3.8, 4) is 0 Å². The third-order valence-electron chi connectivity index (χ3n) is 1.89. The number of hydrogen-bond acceptors (Lipinski definition) is 4. The van der Waals surface area contributed by atoms with Crippen molar-refractivity contribution in [3.05, 3.63) is 25.3 Å². The van der Waals surface area contributed by atoms with Crippen LogP contribution in [0.1, 0.15) is 19.8 Å². The Bertz CT molecular complexity index is 258. The molecule has 0 unspecified atom stereocenters. The highest BCUT2D eigenvalue weighted by molar-refractivity contribution is 5.74. The first-order chi connectivity index (χ1) is 7.61. The van der Waals surface area contributed by atoms with Crippen LogP contribution in [0.5, 0.6) is 0 Å². The number of esters is 2. The molecule has 0 saturated heterocycles. The third-order valence-corrected chi connectivity index (χ3v) is 1.89. The van der Waals surface area contributed by atoms with Gasteiger partial charge >= 0.3 is 11.9 Å². The van der Waals surface area contributed by atoms with Gasteiger partial charge in [0.2, 0.25) is 0 Å². The highest BCUT2D eigenvalue weighted by Crippen LogP contribution is 2.08. The lowest BCUT2D eigenvalue weighted by Crippen LogP contribution is -2.16. The van der Waals surface area contributed by atoms with Crippen molar-refractivity contribution in [2.75, 3.05) is 13.2 Å². The normalized spacial score (nSPS) is 11.3. The minimum absolute atomic E-state index is 0.198. The zero-order valence-electron chi connectivity index (χ0n) is 9.61. The van der Waals surface area contributed by atoms with E-state index in [1.165, 1.54) is 12.2 Å². The Morgan fingerprint density at radius 2 is 1.75 bits per heavy atom. The van der Waals surface area contributed by atoms with Gasteiger partial charge in [-0.1, -0.05) is 32.2 Å². The van der Waals surface area contributed by atoms with Gasteiger partial charge in [0.1, 0.15) is 13.2 Å². The molecule has 0 bridgehead atoms. The molecule has 0 aliphatic rings. The fraction of sp³-hybridized carbons (Fsp3) is 0.500. The Hall–Kier alpha value is -1.58. The molecule has 4 heteroatoms. The average Bonchev–Trinajstić information content (AvgIpc) is 2.30. The van der Waals surface area contributed by atoms with Gasteiger partial charge in [-0.3, -0.25) is 9.59 Å². The summed E-state index contributed by atoms with van der Waals surface area (Å²) in [7, 11) is 0. The molecule has 0 aliphatic carbocycles. The topological polar surface area (TPSA) is 52.6 Å². The van der Waals surface area contributed by atoms with Gasteiger partial charge in [-0.15, -0.1) is 0 Å². The monoisotopic (exact) mass is 226 g/mol. The molecule has 0 aliphatic heterocycles. The van der Waals surface area contributed by atoms with Gasteiger partial charge < -0.3 is 9.47 Å². The zero-order chi connectivity index (χ0) is 12.4. The minimum Gasteiger partial charge on any atom is -0.461 e. The molecule has 0 saturated carbocycles. The number of rotatable bonds is 8. The fourth-order valence-corrected chi connectivity index (χ4v) is 0.960. The molecule has 0 rings (SSSR count). The van der Waals surface area contributed by atoms with E-state index in [9.17, 15) is 9.59 Å². The predicted molar refractivity (Wildman–Crippen MR) is 60.7 cm³/mol. The second kappa shape index (κ2) is 8.71. The molecule has 0 aromatic rings. The first-order valence-electron chi connectivity index (χ1n) is 5.15. The van der Waals surface area contributed by atoms with Crippen LogP contribution in [0, 0.1) is 5.92 Å². The van der Waals surface area contributed by atoms with E-state index in [4.69, 9.17) is 9.47 Å². The first-order valence-corrected chi connectivity index (χ1v) is 5.15. The van der Waals surface area contributed by atoms with Crippen molar-refractivity contribution < 1.29 is 19.1 Å². The third kappa shape index (κ3) is 6.81. The van der Waals surface area contributed by atoms with Crippen LogP contribution in [-0.2, 0) is 19.1 Å². The molecule has 4 nitrogen and oxygen atoms in total. The molecule has 0 amide bonds. The van der Waals surface area contributed by atoms with Crippen LogP contribution in [0.25, 0.3) is 0 Å². The van der Waals surface area contributed by atoms with E-state index < -0.39 is 0 Å². The van der Waals surface area contributed by atoms with Crippen LogP contribution in [0.4, 0.5) is 0 Å². The molecule has 0 aromatic heterocycles. The average molecular weight is 226 g/mol. The summed E-state index contributed by atoms with van der Waals surface area (Å²) in [4.78, 5) is 22.4. The van der Waals surface area contributed by atoms with E-state index in [2.05, 4.69) is 13.2 Å². The van der Waals surface area contributed by atoms with Crippen molar-refractivity contribution in [1.29, 1.82) is 0 Å². The summed E-state index contributed by atoms with van der Waals surface area (Å²) >= 11 is 0. The molecule has 90 valence electrons. The molecular weight excluding hydrogens is 208 g/mol. The number of carbonyl (C=O) groups excluding carboxylic acids is 2. The maximum atomic E-state index is 11.3. The van der Waals surface area contributed by atoms with Crippen molar-refractivity contribution in [2.24, 2.45) is 5.92 Å². The molecule has 0 spiro atoms. The van der Waals surface area contributed by atoms with Crippen LogP contribution in [0.2, 0.25) is 0 Å². The molecule has 0 N–H and O–H groups in total. The SMILES string of the molecule is C=CCOC(=O)CC[C@H](C)C(=O)OCC=C.